The topological polar surface area (TPSA) is 131 Å². The fourth-order valence-electron chi connectivity index (χ4n) is 6.35. The molecule has 0 radical (unpaired) electrons. The predicted octanol–water partition coefficient (Wildman–Crippen LogP) is 5.94. The van der Waals surface area contributed by atoms with E-state index in [-0.39, 0.29) is 7.43 Å². The first-order chi connectivity index (χ1) is 27.9. The molecule has 0 atom stereocenters. The Morgan fingerprint density at radius 2 is 0.797 bits per heavy atom. The Bertz CT molecular complexity index is 1650. The summed E-state index contributed by atoms with van der Waals surface area (Å²) in [6.45, 7) is 32.2. The molecule has 4 aromatic rings. The summed E-state index contributed by atoms with van der Waals surface area (Å²) in [6, 6.07) is 1.83. The molecule has 326 valence electrons. The second-order valence-corrected chi connectivity index (χ2v) is 16.8. The van der Waals surface area contributed by atoms with Gasteiger partial charge in [0.05, 0.1) is 18.1 Å². The van der Waals surface area contributed by atoms with E-state index in [1.807, 2.05) is 43.2 Å². The summed E-state index contributed by atoms with van der Waals surface area (Å²) in [5.41, 5.74) is 3.59. The van der Waals surface area contributed by atoms with Crippen molar-refractivity contribution in [2.24, 2.45) is 0 Å². The van der Waals surface area contributed by atoms with Crippen LogP contribution in [0.2, 0.25) is 0 Å². The van der Waals surface area contributed by atoms with Gasteiger partial charge in [0.25, 0.3) is 0 Å². The van der Waals surface area contributed by atoms with Gasteiger partial charge in [-0.1, -0.05) is 62.8 Å². The largest absolute Gasteiger partial charge is 0.366 e. The SMILES string of the molecule is C.CC(C)c1ncc(CN2CCN(C)CC2)cn1.CC(C)c1ncc(CN2CCNCC2)cn1.CC(C)c1ncc(N2CCN(C)CC2)cn1.CC(C)c1ncccn1. The van der Waals surface area contributed by atoms with Crippen molar-refractivity contribution < 1.29 is 0 Å². The second kappa shape index (κ2) is 26.2. The molecule has 3 aliphatic rings. The average molecular weight is 813 g/mol. The maximum absolute atomic E-state index is 4.41. The third kappa shape index (κ3) is 18.0. The van der Waals surface area contributed by atoms with Crippen LogP contribution in [0.3, 0.4) is 0 Å². The van der Waals surface area contributed by atoms with Gasteiger partial charge in [-0.3, -0.25) is 9.80 Å². The zero-order valence-corrected chi connectivity index (χ0v) is 37.2. The van der Waals surface area contributed by atoms with Gasteiger partial charge in [-0.2, -0.15) is 0 Å². The first-order valence-electron chi connectivity index (χ1n) is 21.4. The maximum Gasteiger partial charge on any atom is 0.130 e. The van der Waals surface area contributed by atoms with Crippen LogP contribution in [-0.2, 0) is 13.1 Å². The van der Waals surface area contributed by atoms with Crippen molar-refractivity contribution in [3.05, 3.63) is 90.1 Å². The van der Waals surface area contributed by atoms with Crippen molar-refractivity contribution >= 4 is 5.69 Å². The smallest absolute Gasteiger partial charge is 0.130 e. The Hall–Kier alpha value is -4.08. The third-order valence-corrected chi connectivity index (χ3v) is 10.2. The Kier molecular flexibility index (Phi) is 21.9. The molecule has 0 saturated carbocycles. The lowest BCUT2D eigenvalue weighted by molar-refractivity contribution is 0.148. The number of rotatable bonds is 9. The van der Waals surface area contributed by atoms with Gasteiger partial charge in [0, 0.05) is 164 Å². The van der Waals surface area contributed by atoms with E-state index in [1.165, 1.54) is 11.1 Å². The highest BCUT2D eigenvalue weighted by Gasteiger charge is 2.16. The zero-order valence-electron chi connectivity index (χ0n) is 37.2. The van der Waals surface area contributed by atoms with Gasteiger partial charge in [0.1, 0.15) is 23.3 Å². The van der Waals surface area contributed by atoms with Crippen LogP contribution >= 0.6 is 0 Å². The summed E-state index contributed by atoms with van der Waals surface area (Å²) < 4.78 is 0. The van der Waals surface area contributed by atoms with Gasteiger partial charge in [-0.05, 0) is 20.2 Å². The van der Waals surface area contributed by atoms with E-state index < -0.39 is 0 Å². The minimum Gasteiger partial charge on any atom is -0.366 e. The summed E-state index contributed by atoms with van der Waals surface area (Å²) in [5, 5.41) is 3.35. The molecule has 0 bridgehead atoms. The number of nitrogens with zero attached hydrogens (tertiary/aromatic N) is 13. The summed E-state index contributed by atoms with van der Waals surface area (Å²) in [7, 11) is 4.34. The number of aromatic nitrogens is 8. The molecule has 0 aliphatic carbocycles. The quantitative estimate of drug-likeness (QED) is 0.214. The second-order valence-electron chi connectivity index (χ2n) is 16.8. The van der Waals surface area contributed by atoms with Gasteiger partial charge in [-0.15, -0.1) is 0 Å². The lowest BCUT2D eigenvalue weighted by Crippen LogP contribution is -2.44. The summed E-state index contributed by atoms with van der Waals surface area (Å²) >= 11 is 0. The number of anilines is 1. The van der Waals surface area contributed by atoms with E-state index in [2.05, 4.69) is 139 Å². The zero-order chi connectivity index (χ0) is 41.9. The summed E-state index contributed by atoms with van der Waals surface area (Å²) in [4.78, 5) is 46.5. The number of likely N-dealkylation sites (N-methyl/N-ethyl adjacent to an activating group) is 2. The molecule has 7 heterocycles. The third-order valence-electron chi connectivity index (χ3n) is 10.2. The molecule has 0 aromatic carbocycles. The molecule has 14 nitrogen and oxygen atoms in total. The minimum atomic E-state index is 0. The van der Waals surface area contributed by atoms with E-state index >= 15 is 0 Å². The van der Waals surface area contributed by atoms with Gasteiger partial charge < -0.3 is 20.0 Å². The molecule has 1 N–H and O–H groups in total. The van der Waals surface area contributed by atoms with E-state index in [1.54, 1.807) is 12.4 Å². The molecule has 14 heteroatoms. The molecule has 4 aromatic heterocycles. The lowest BCUT2D eigenvalue weighted by Gasteiger charge is -2.33. The molecule has 3 aliphatic heterocycles. The van der Waals surface area contributed by atoms with E-state index in [9.17, 15) is 0 Å². The first-order valence-corrected chi connectivity index (χ1v) is 21.4. The molecule has 7 rings (SSSR count). The molecule has 3 fully saturated rings. The van der Waals surface area contributed by atoms with Crippen molar-refractivity contribution in [3.8, 4) is 0 Å². The number of hydrogen-bond acceptors (Lipinski definition) is 14. The van der Waals surface area contributed by atoms with Crippen LogP contribution in [0, 0.1) is 0 Å². The Balaban J connectivity index is 0.000000213. The fraction of sp³-hybridized carbons (Fsp3) is 0.644. The lowest BCUT2D eigenvalue weighted by atomic mass is 10.2. The van der Waals surface area contributed by atoms with Gasteiger partial charge in [0.15, 0.2) is 0 Å². The maximum atomic E-state index is 4.41. The number of hydrogen-bond donors (Lipinski definition) is 1. The van der Waals surface area contributed by atoms with Crippen molar-refractivity contribution in [1.82, 2.24) is 64.8 Å². The fourth-order valence-corrected chi connectivity index (χ4v) is 6.35. The first kappa shape index (κ1) is 49.3. The van der Waals surface area contributed by atoms with Crippen molar-refractivity contribution in [2.45, 2.75) is 99.6 Å². The highest BCUT2D eigenvalue weighted by atomic mass is 15.3. The monoisotopic (exact) mass is 813 g/mol. The molecule has 3 saturated heterocycles. The van der Waals surface area contributed by atoms with Gasteiger partial charge in [-0.25, -0.2) is 39.9 Å². The van der Waals surface area contributed by atoms with E-state index in [4.69, 9.17) is 0 Å². The van der Waals surface area contributed by atoms with E-state index in [0.717, 1.165) is 121 Å². The van der Waals surface area contributed by atoms with Crippen LogP contribution in [0.15, 0.2) is 55.6 Å². The van der Waals surface area contributed by atoms with Crippen LogP contribution in [0.5, 0.6) is 0 Å². The molecule has 0 amide bonds. The van der Waals surface area contributed by atoms with Crippen LogP contribution in [-0.4, -0.2) is 152 Å². The van der Waals surface area contributed by atoms with Gasteiger partial charge >= 0.3 is 0 Å². The number of nitrogens with one attached hydrogen (secondary N) is 1. The van der Waals surface area contributed by atoms with Gasteiger partial charge in [0.2, 0.25) is 0 Å². The highest BCUT2D eigenvalue weighted by molar-refractivity contribution is 5.42. The molecule has 0 unspecified atom stereocenters. The molecule has 0 spiro atoms. The minimum absolute atomic E-state index is 0. The van der Waals surface area contributed by atoms with Crippen LogP contribution < -0.4 is 10.2 Å². The Labute approximate surface area is 356 Å². The Morgan fingerprint density at radius 1 is 0.458 bits per heavy atom. The predicted molar refractivity (Wildman–Crippen MR) is 242 cm³/mol. The molecular weight excluding hydrogens is 737 g/mol. The molecular formula is C45H76N14. The van der Waals surface area contributed by atoms with Crippen LogP contribution in [0.25, 0.3) is 0 Å². The average Bonchev–Trinajstić information content (AvgIpc) is 3.24. The summed E-state index contributed by atoms with van der Waals surface area (Å²) in [6.07, 6.45) is 15.3. The Morgan fingerprint density at radius 3 is 1.17 bits per heavy atom. The van der Waals surface area contributed by atoms with Crippen LogP contribution in [0.4, 0.5) is 5.69 Å². The van der Waals surface area contributed by atoms with Crippen LogP contribution in [0.1, 0.15) is 121 Å². The summed E-state index contributed by atoms with van der Waals surface area (Å²) in [5.74, 6) is 5.38. The highest BCUT2D eigenvalue weighted by Crippen LogP contribution is 2.16. The number of piperazine rings is 3. The molecule has 59 heavy (non-hydrogen) atoms. The van der Waals surface area contributed by atoms with Crippen molar-refractivity contribution in [3.63, 3.8) is 0 Å². The van der Waals surface area contributed by atoms with Crippen molar-refractivity contribution in [1.29, 1.82) is 0 Å². The standard InChI is InChI=1S/C13H22N4.2C12H20N4.C7H10N2.CH4/c1-11(2)13-14-8-12(9-15-13)10-17-6-4-16(3)5-7-17;1-10(2)12-13-8-11(9-14-12)16-6-4-15(3)5-7-16;1-10(2)12-14-7-11(8-15-12)9-16-5-3-13-4-6-16;1-6(2)7-8-4-3-5-9-7;/h8-9,11H,4-7,10H2,1-3H3;8-10H,4-7H2,1-3H3;7-8,10,13H,3-6,9H2,1-2H3;3-6H,1-2H3;1H4. The van der Waals surface area contributed by atoms with E-state index in [0.29, 0.717) is 23.7 Å². The van der Waals surface area contributed by atoms with Crippen molar-refractivity contribution in [2.75, 3.05) is 97.5 Å². The normalized spacial score (nSPS) is 16.7.